The lowest BCUT2D eigenvalue weighted by atomic mass is 10.4. The molecular formula is C8H9ClIN3O. The van der Waals surface area contributed by atoms with Gasteiger partial charge in [-0.2, -0.15) is 4.98 Å². The zero-order valence-electron chi connectivity index (χ0n) is 7.41. The van der Waals surface area contributed by atoms with Crippen LogP contribution in [0, 0.1) is 3.57 Å². The molecule has 0 radical (unpaired) electrons. The van der Waals surface area contributed by atoms with Crippen LogP contribution < -0.4 is 4.90 Å². The molecule has 76 valence electrons. The number of halogens is 2. The van der Waals surface area contributed by atoms with Crippen molar-refractivity contribution >= 4 is 40.0 Å². The van der Waals surface area contributed by atoms with Gasteiger partial charge in [0.15, 0.2) is 0 Å². The van der Waals surface area contributed by atoms with Gasteiger partial charge < -0.3 is 9.64 Å². The molecule has 1 aromatic heterocycles. The third-order valence-electron chi connectivity index (χ3n) is 2.01. The highest BCUT2D eigenvalue weighted by molar-refractivity contribution is 14.1. The van der Waals surface area contributed by atoms with Crippen molar-refractivity contribution in [2.24, 2.45) is 0 Å². The summed E-state index contributed by atoms with van der Waals surface area (Å²) in [6, 6.07) is 0. The van der Waals surface area contributed by atoms with Gasteiger partial charge in [0.1, 0.15) is 5.82 Å². The second kappa shape index (κ2) is 4.59. The lowest BCUT2D eigenvalue weighted by molar-refractivity contribution is 0.122. The molecule has 1 aliphatic rings. The van der Waals surface area contributed by atoms with Crippen LogP contribution in [0.1, 0.15) is 0 Å². The lowest BCUT2D eigenvalue weighted by Gasteiger charge is -2.28. The highest BCUT2D eigenvalue weighted by Gasteiger charge is 2.15. The number of morpholine rings is 1. The van der Waals surface area contributed by atoms with Gasteiger partial charge in [-0.05, 0) is 34.2 Å². The fourth-order valence-corrected chi connectivity index (χ4v) is 2.06. The quantitative estimate of drug-likeness (QED) is 0.580. The van der Waals surface area contributed by atoms with Crippen molar-refractivity contribution in [1.82, 2.24) is 9.97 Å². The summed E-state index contributed by atoms with van der Waals surface area (Å²) in [4.78, 5) is 10.3. The Morgan fingerprint density at radius 2 is 2.14 bits per heavy atom. The van der Waals surface area contributed by atoms with Gasteiger partial charge in [0, 0.05) is 19.3 Å². The van der Waals surface area contributed by atoms with E-state index in [1.54, 1.807) is 6.20 Å². The Balaban J connectivity index is 2.24. The third-order valence-corrected chi connectivity index (χ3v) is 2.95. The van der Waals surface area contributed by atoms with Crippen molar-refractivity contribution in [2.75, 3.05) is 31.2 Å². The summed E-state index contributed by atoms with van der Waals surface area (Å²) in [5.74, 6) is 0.911. The van der Waals surface area contributed by atoms with Crippen LogP contribution in [0.5, 0.6) is 0 Å². The molecule has 1 aromatic rings. The molecule has 1 aliphatic heterocycles. The molecule has 2 heterocycles. The zero-order chi connectivity index (χ0) is 9.97. The van der Waals surface area contributed by atoms with Crippen LogP contribution in [0.3, 0.4) is 0 Å². The van der Waals surface area contributed by atoms with Crippen LogP contribution in [0.4, 0.5) is 5.82 Å². The van der Waals surface area contributed by atoms with E-state index in [-0.39, 0.29) is 0 Å². The fraction of sp³-hybridized carbons (Fsp3) is 0.500. The van der Waals surface area contributed by atoms with Crippen LogP contribution in [-0.2, 0) is 4.74 Å². The van der Waals surface area contributed by atoms with Gasteiger partial charge in [-0.1, -0.05) is 0 Å². The minimum absolute atomic E-state index is 0.298. The molecule has 6 heteroatoms. The Hall–Kier alpha value is -0.140. The van der Waals surface area contributed by atoms with E-state index in [0.29, 0.717) is 5.28 Å². The summed E-state index contributed by atoms with van der Waals surface area (Å²) in [5, 5.41) is 0.298. The molecule has 0 atom stereocenters. The van der Waals surface area contributed by atoms with Crippen LogP contribution in [0.15, 0.2) is 6.20 Å². The van der Waals surface area contributed by atoms with Gasteiger partial charge in [-0.25, -0.2) is 4.98 Å². The first-order valence-corrected chi connectivity index (χ1v) is 5.74. The van der Waals surface area contributed by atoms with Crippen molar-refractivity contribution in [3.8, 4) is 0 Å². The van der Waals surface area contributed by atoms with E-state index in [1.165, 1.54) is 0 Å². The number of anilines is 1. The molecule has 0 aliphatic carbocycles. The SMILES string of the molecule is Clc1ncc(I)c(N2CCOCC2)n1. The Morgan fingerprint density at radius 3 is 2.86 bits per heavy atom. The molecule has 0 unspecified atom stereocenters. The van der Waals surface area contributed by atoms with Crippen LogP contribution >= 0.6 is 34.2 Å². The average molecular weight is 326 g/mol. The van der Waals surface area contributed by atoms with E-state index in [4.69, 9.17) is 16.3 Å². The highest BCUT2D eigenvalue weighted by atomic mass is 127. The van der Waals surface area contributed by atoms with Crippen LogP contribution in [0.2, 0.25) is 5.28 Å². The third kappa shape index (κ3) is 2.26. The number of nitrogens with zero attached hydrogens (tertiary/aromatic N) is 3. The largest absolute Gasteiger partial charge is 0.378 e. The molecular weight excluding hydrogens is 316 g/mol. The van der Waals surface area contributed by atoms with Crippen molar-refractivity contribution < 1.29 is 4.74 Å². The molecule has 14 heavy (non-hydrogen) atoms. The molecule has 0 N–H and O–H groups in total. The number of ether oxygens (including phenoxy) is 1. The van der Waals surface area contributed by atoms with Crippen LogP contribution in [-0.4, -0.2) is 36.3 Å². The monoisotopic (exact) mass is 325 g/mol. The Labute approximate surface area is 101 Å². The van der Waals surface area contributed by atoms with E-state index in [1.807, 2.05) is 0 Å². The average Bonchev–Trinajstić information content (AvgIpc) is 2.23. The molecule has 1 fully saturated rings. The van der Waals surface area contributed by atoms with E-state index < -0.39 is 0 Å². The van der Waals surface area contributed by atoms with Gasteiger partial charge in [-0.15, -0.1) is 0 Å². The molecule has 2 rings (SSSR count). The zero-order valence-corrected chi connectivity index (χ0v) is 10.3. The topological polar surface area (TPSA) is 38.2 Å². The van der Waals surface area contributed by atoms with Gasteiger partial charge in [0.25, 0.3) is 0 Å². The number of rotatable bonds is 1. The van der Waals surface area contributed by atoms with E-state index in [2.05, 4.69) is 37.5 Å². The van der Waals surface area contributed by atoms with Crippen molar-refractivity contribution in [1.29, 1.82) is 0 Å². The maximum Gasteiger partial charge on any atom is 0.224 e. The van der Waals surface area contributed by atoms with Gasteiger partial charge >= 0.3 is 0 Å². The first-order chi connectivity index (χ1) is 6.77. The second-order valence-electron chi connectivity index (χ2n) is 2.91. The minimum atomic E-state index is 0.298. The molecule has 0 saturated carbocycles. The van der Waals surface area contributed by atoms with E-state index >= 15 is 0 Å². The molecule has 0 amide bonds. The Kier molecular flexibility index (Phi) is 3.40. The van der Waals surface area contributed by atoms with Crippen molar-refractivity contribution in [3.63, 3.8) is 0 Å². The van der Waals surface area contributed by atoms with Gasteiger partial charge in [0.05, 0.1) is 16.8 Å². The van der Waals surface area contributed by atoms with Crippen molar-refractivity contribution in [2.45, 2.75) is 0 Å². The summed E-state index contributed by atoms with van der Waals surface area (Å²) >= 11 is 7.97. The second-order valence-corrected chi connectivity index (χ2v) is 4.41. The summed E-state index contributed by atoms with van der Waals surface area (Å²) in [5.41, 5.74) is 0. The maximum atomic E-state index is 5.75. The Bertz CT molecular complexity index is 330. The van der Waals surface area contributed by atoms with Gasteiger partial charge in [0.2, 0.25) is 5.28 Å². The van der Waals surface area contributed by atoms with Crippen LogP contribution in [0.25, 0.3) is 0 Å². The predicted octanol–water partition coefficient (Wildman–Crippen LogP) is 1.57. The predicted molar refractivity (Wildman–Crippen MR) is 62.8 cm³/mol. The molecule has 0 bridgehead atoms. The standard InChI is InChI=1S/C8H9ClIN3O/c9-8-11-5-6(10)7(12-8)13-1-3-14-4-2-13/h5H,1-4H2. The highest BCUT2D eigenvalue weighted by Crippen LogP contribution is 2.21. The van der Waals surface area contributed by atoms with Gasteiger partial charge in [-0.3, -0.25) is 0 Å². The minimum Gasteiger partial charge on any atom is -0.378 e. The van der Waals surface area contributed by atoms with Crippen molar-refractivity contribution in [3.05, 3.63) is 15.1 Å². The summed E-state index contributed by atoms with van der Waals surface area (Å²) in [7, 11) is 0. The number of aromatic nitrogens is 2. The fourth-order valence-electron chi connectivity index (χ4n) is 1.33. The molecule has 1 saturated heterocycles. The summed E-state index contributed by atoms with van der Waals surface area (Å²) in [6.45, 7) is 3.22. The molecule has 4 nitrogen and oxygen atoms in total. The van der Waals surface area contributed by atoms with E-state index in [0.717, 1.165) is 35.7 Å². The van der Waals surface area contributed by atoms with E-state index in [9.17, 15) is 0 Å². The first kappa shape index (κ1) is 10.4. The lowest BCUT2D eigenvalue weighted by Crippen LogP contribution is -2.37. The maximum absolute atomic E-state index is 5.75. The first-order valence-electron chi connectivity index (χ1n) is 4.28. The smallest absolute Gasteiger partial charge is 0.224 e. The summed E-state index contributed by atoms with van der Waals surface area (Å²) in [6.07, 6.45) is 1.74. The number of hydrogen-bond acceptors (Lipinski definition) is 4. The number of hydrogen-bond donors (Lipinski definition) is 0. The normalized spacial score (nSPS) is 17.1. The summed E-state index contributed by atoms with van der Waals surface area (Å²) < 4.78 is 6.29. The molecule has 0 aromatic carbocycles. The molecule has 0 spiro atoms. The Morgan fingerprint density at radius 1 is 1.43 bits per heavy atom.